The van der Waals surface area contributed by atoms with Crippen molar-refractivity contribution in [3.05, 3.63) is 71.5 Å². The monoisotopic (exact) mass is 202 g/mol. The largest absolute Gasteiger partial charge is 0.384 e. The van der Waals surface area contributed by atoms with Crippen LogP contribution in [0.3, 0.4) is 0 Å². The second-order valence-corrected chi connectivity index (χ2v) is 3.36. The molecule has 0 aliphatic carbocycles. The second kappa shape index (κ2) is 4.24. The molecule has 0 heterocycles. The number of aliphatic hydroxyl groups is 1. The van der Waals surface area contributed by atoms with Crippen molar-refractivity contribution in [2.45, 2.75) is 6.10 Å². The molecule has 1 atom stereocenters. The normalized spacial score (nSPS) is 12.4. The van der Waals surface area contributed by atoms with Crippen molar-refractivity contribution < 1.29 is 9.50 Å². The summed E-state index contributed by atoms with van der Waals surface area (Å²) in [7, 11) is 0. The van der Waals surface area contributed by atoms with Gasteiger partial charge in [0, 0.05) is 0 Å². The topological polar surface area (TPSA) is 20.2 Å². The number of rotatable bonds is 2. The van der Waals surface area contributed by atoms with E-state index in [0.29, 0.717) is 5.56 Å². The fourth-order valence-electron chi connectivity index (χ4n) is 1.47. The molecule has 2 rings (SSSR count). The summed E-state index contributed by atoms with van der Waals surface area (Å²) in [5.74, 6) is -0.293. The zero-order chi connectivity index (χ0) is 10.7. The maximum Gasteiger partial charge on any atom is 0.123 e. The van der Waals surface area contributed by atoms with Crippen molar-refractivity contribution in [1.29, 1.82) is 0 Å². The Hall–Kier alpha value is -1.67. The SMILES string of the molecule is O[C@H](c1ccccc1)c1ccc(F)cc1. The van der Waals surface area contributed by atoms with E-state index < -0.39 is 6.10 Å². The maximum absolute atomic E-state index is 12.7. The van der Waals surface area contributed by atoms with Crippen LogP contribution in [0.5, 0.6) is 0 Å². The standard InChI is InChI=1S/C13H11FO/c14-12-8-6-11(7-9-12)13(15)10-4-2-1-3-5-10/h1-9,13,15H/t13-/m1/s1. The lowest BCUT2D eigenvalue weighted by atomic mass is 10.0. The summed E-state index contributed by atoms with van der Waals surface area (Å²) in [6.07, 6.45) is -0.688. The fraction of sp³-hybridized carbons (Fsp3) is 0.0769. The van der Waals surface area contributed by atoms with E-state index in [0.717, 1.165) is 5.56 Å². The molecule has 1 N–H and O–H groups in total. The first-order chi connectivity index (χ1) is 7.27. The van der Waals surface area contributed by atoms with Crippen molar-refractivity contribution in [1.82, 2.24) is 0 Å². The highest BCUT2D eigenvalue weighted by Gasteiger charge is 2.08. The summed E-state index contributed by atoms with van der Waals surface area (Å²) in [5, 5.41) is 9.96. The molecule has 0 saturated heterocycles. The zero-order valence-corrected chi connectivity index (χ0v) is 8.10. The van der Waals surface area contributed by atoms with Gasteiger partial charge in [-0.3, -0.25) is 0 Å². The van der Waals surface area contributed by atoms with Gasteiger partial charge in [-0.15, -0.1) is 0 Å². The van der Waals surface area contributed by atoms with Crippen LogP contribution in [0.1, 0.15) is 17.2 Å². The Kier molecular flexibility index (Phi) is 2.79. The first kappa shape index (κ1) is 9.87. The van der Waals surface area contributed by atoms with Crippen LogP contribution < -0.4 is 0 Å². The highest BCUT2D eigenvalue weighted by molar-refractivity contribution is 5.29. The van der Waals surface area contributed by atoms with Crippen molar-refractivity contribution in [3.8, 4) is 0 Å². The van der Waals surface area contributed by atoms with Gasteiger partial charge in [-0.1, -0.05) is 42.5 Å². The molecule has 2 aromatic carbocycles. The molecular formula is C13H11FO. The third-order valence-corrected chi connectivity index (χ3v) is 2.30. The lowest BCUT2D eigenvalue weighted by Crippen LogP contribution is -1.98. The Morgan fingerprint density at radius 2 is 1.33 bits per heavy atom. The predicted octanol–water partition coefficient (Wildman–Crippen LogP) is 2.91. The van der Waals surface area contributed by atoms with E-state index in [2.05, 4.69) is 0 Å². The van der Waals surface area contributed by atoms with E-state index >= 15 is 0 Å². The van der Waals surface area contributed by atoms with E-state index in [1.165, 1.54) is 12.1 Å². The molecule has 0 radical (unpaired) electrons. The highest BCUT2D eigenvalue weighted by atomic mass is 19.1. The van der Waals surface area contributed by atoms with E-state index in [1.807, 2.05) is 30.3 Å². The average Bonchev–Trinajstić information content (AvgIpc) is 2.30. The summed E-state index contributed by atoms with van der Waals surface area (Å²) >= 11 is 0. The molecule has 76 valence electrons. The molecule has 2 heteroatoms. The van der Waals surface area contributed by atoms with E-state index in [9.17, 15) is 9.50 Å². The van der Waals surface area contributed by atoms with Crippen LogP contribution in [-0.2, 0) is 0 Å². The first-order valence-corrected chi connectivity index (χ1v) is 4.76. The van der Waals surface area contributed by atoms with Crippen LogP contribution in [-0.4, -0.2) is 5.11 Å². The molecule has 0 fully saturated rings. The highest BCUT2D eigenvalue weighted by Crippen LogP contribution is 2.21. The van der Waals surface area contributed by atoms with Gasteiger partial charge >= 0.3 is 0 Å². The number of hydrogen-bond donors (Lipinski definition) is 1. The Morgan fingerprint density at radius 1 is 0.800 bits per heavy atom. The molecule has 15 heavy (non-hydrogen) atoms. The molecule has 2 aromatic rings. The zero-order valence-electron chi connectivity index (χ0n) is 8.10. The molecule has 1 nitrogen and oxygen atoms in total. The average molecular weight is 202 g/mol. The number of halogens is 1. The molecule has 0 saturated carbocycles. The van der Waals surface area contributed by atoms with Gasteiger partial charge in [-0.25, -0.2) is 4.39 Å². The summed E-state index contributed by atoms with van der Waals surface area (Å²) in [4.78, 5) is 0. The third kappa shape index (κ3) is 2.22. The van der Waals surface area contributed by atoms with Crippen molar-refractivity contribution in [2.24, 2.45) is 0 Å². The summed E-state index contributed by atoms with van der Waals surface area (Å²) in [6.45, 7) is 0. The quantitative estimate of drug-likeness (QED) is 0.793. The maximum atomic E-state index is 12.7. The Bertz CT molecular complexity index is 422. The second-order valence-electron chi connectivity index (χ2n) is 3.36. The Balaban J connectivity index is 2.29. The minimum absolute atomic E-state index is 0.293. The molecule has 0 aliphatic heterocycles. The van der Waals surface area contributed by atoms with Crippen LogP contribution in [0.25, 0.3) is 0 Å². The van der Waals surface area contributed by atoms with Crippen molar-refractivity contribution in [3.63, 3.8) is 0 Å². The fourth-order valence-corrected chi connectivity index (χ4v) is 1.47. The van der Waals surface area contributed by atoms with Crippen LogP contribution >= 0.6 is 0 Å². The Morgan fingerprint density at radius 3 is 1.93 bits per heavy atom. The van der Waals surface area contributed by atoms with Gasteiger partial charge in [0.25, 0.3) is 0 Å². The van der Waals surface area contributed by atoms with Crippen LogP contribution in [0.4, 0.5) is 4.39 Å². The van der Waals surface area contributed by atoms with Crippen molar-refractivity contribution >= 4 is 0 Å². The van der Waals surface area contributed by atoms with Crippen LogP contribution in [0.2, 0.25) is 0 Å². The van der Waals surface area contributed by atoms with Gasteiger partial charge in [0.1, 0.15) is 11.9 Å². The molecular weight excluding hydrogens is 191 g/mol. The van der Waals surface area contributed by atoms with Crippen LogP contribution in [0, 0.1) is 5.82 Å². The summed E-state index contributed by atoms with van der Waals surface area (Å²) < 4.78 is 12.7. The summed E-state index contributed by atoms with van der Waals surface area (Å²) in [5.41, 5.74) is 1.51. The lowest BCUT2D eigenvalue weighted by molar-refractivity contribution is 0.220. The molecule has 0 aliphatic rings. The van der Waals surface area contributed by atoms with E-state index in [-0.39, 0.29) is 5.82 Å². The number of hydrogen-bond acceptors (Lipinski definition) is 1. The molecule has 0 bridgehead atoms. The molecule has 0 spiro atoms. The van der Waals surface area contributed by atoms with Crippen LogP contribution in [0.15, 0.2) is 54.6 Å². The predicted molar refractivity (Wildman–Crippen MR) is 56.9 cm³/mol. The lowest BCUT2D eigenvalue weighted by Gasteiger charge is -2.10. The smallest absolute Gasteiger partial charge is 0.123 e. The minimum atomic E-state index is -0.688. The minimum Gasteiger partial charge on any atom is -0.384 e. The van der Waals surface area contributed by atoms with Crippen molar-refractivity contribution in [2.75, 3.05) is 0 Å². The van der Waals surface area contributed by atoms with E-state index in [4.69, 9.17) is 0 Å². The first-order valence-electron chi connectivity index (χ1n) is 4.76. The van der Waals surface area contributed by atoms with Gasteiger partial charge in [0.2, 0.25) is 0 Å². The molecule has 0 aromatic heterocycles. The number of aliphatic hydroxyl groups excluding tert-OH is 1. The van der Waals surface area contributed by atoms with Gasteiger partial charge in [-0.2, -0.15) is 0 Å². The summed E-state index contributed by atoms with van der Waals surface area (Å²) in [6, 6.07) is 15.2. The molecule has 0 amide bonds. The van der Waals surface area contributed by atoms with Gasteiger partial charge < -0.3 is 5.11 Å². The van der Waals surface area contributed by atoms with Gasteiger partial charge in [0.05, 0.1) is 0 Å². The molecule has 0 unspecified atom stereocenters. The van der Waals surface area contributed by atoms with E-state index in [1.54, 1.807) is 12.1 Å². The van der Waals surface area contributed by atoms with Gasteiger partial charge in [0.15, 0.2) is 0 Å². The van der Waals surface area contributed by atoms with Gasteiger partial charge in [-0.05, 0) is 23.3 Å². The Labute approximate surface area is 87.8 Å². The third-order valence-electron chi connectivity index (χ3n) is 2.30. The number of benzene rings is 2.